The number of benzene rings is 5. The zero-order valence-electron chi connectivity index (χ0n) is 23.8. The van der Waals surface area contributed by atoms with Crippen LogP contribution in [-0.2, 0) is 4.79 Å². The predicted octanol–water partition coefficient (Wildman–Crippen LogP) is 4.54. The summed E-state index contributed by atoms with van der Waals surface area (Å²) in [6, 6.07) is 41.2. The molecule has 0 amide bonds. The van der Waals surface area contributed by atoms with Gasteiger partial charge in [0.1, 0.15) is 23.2 Å². The standard InChI is InChI=1S/C35H27Cl2NO5P.BrH/c36-35(37)34(40)26-18-16-25(17-19-26)27-20-21-32(31(24-27)38(41)42)43-33(39)22-23-44(28-10-4-1-5-11-28,29-12-6-2-7-13-29)30-14-8-3-9-15-30;/h1-21,24,35H,22-23H2;1H/q+1;/p-1. The van der Waals surface area contributed by atoms with Crippen molar-refractivity contribution in [3.8, 4) is 16.9 Å². The van der Waals surface area contributed by atoms with Crippen molar-refractivity contribution in [2.75, 3.05) is 6.16 Å². The van der Waals surface area contributed by atoms with Gasteiger partial charge in [0.15, 0.2) is 10.6 Å². The summed E-state index contributed by atoms with van der Waals surface area (Å²) in [5.74, 6) is -1.13. The van der Waals surface area contributed by atoms with E-state index in [-0.39, 0.29) is 34.8 Å². The highest BCUT2D eigenvalue weighted by atomic mass is 79.9. The van der Waals surface area contributed by atoms with Crippen LogP contribution < -0.4 is 37.6 Å². The molecule has 0 radical (unpaired) electrons. The average molecular weight is 723 g/mol. The van der Waals surface area contributed by atoms with E-state index in [4.69, 9.17) is 27.9 Å². The lowest BCUT2D eigenvalue weighted by atomic mass is 10.0. The third kappa shape index (κ3) is 7.69. The number of nitro benzene ring substituents is 1. The zero-order chi connectivity index (χ0) is 31.1. The number of esters is 1. The van der Waals surface area contributed by atoms with E-state index < -0.39 is 28.8 Å². The maximum absolute atomic E-state index is 13.4. The number of carbonyl (C=O) groups is 2. The Morgan fingerprint density at radius 1 is 0.711 bits per heavy atom. The molecule has 0 aliphatic rings. The second-order valence-corrected chi connectivity index (χ2v) is 14.7. The second kappa shape index (κ2) is 15.4. The first-order chi connectivity index (χ1) is 21.3. The molecule has 0 saturated heterocycles. The van der Waals surface area contributed by atoms with Crippen LogP contribution >= 0.6 is 30.5 Å². The molecule has 0 N–H and O–H groups in total. The Bertz CT molecular complexity index is 1680. The molecule has 0 unspecified atom stereocenters. The molecule has 228 valence electrons. The molecular weight excluding hydrogens is 696 g/mol. The fourth-order valence-corrected chi connectivity index (χ4v) is 9.68. The Kier molecular flexibility index (Phi) is 11.7. The molecule has 0 aromatic heterocycles. The monoisotopic (exact) mass is 721 g/mol. The summed E-state index contributed by atoms with van der Waals surface area (Å²) < 4.78 is 5.64. The van der Waals surface area contributed by atoms with Gasteiger partial charge in [-0.25, -0.2) is 0 Å². The summed E-state index contributed by atoms with van der Waals surface area (Å²) in [6.45, 7) is 0. The number of alkyl halides is 2. The van der Waals surface area contributed by atoms with Gasteiger partial charge in [-0.05, 0) is 53.6 Å². The van der Waals surface area contributed by atoms with Gasteiger partial charge in [0.2, 0.25) is 5.75 Å². The molecule has 0 bridgehead atoms. The number of nitro groups is 1. The number of carbonyl (C=O) groups excluding carboxylic acids is 2. The Labute approximate surface area is 282 Å². The largest absolute Gasteiger partial charge is 1.00 e. The van der Waals surface area contributed by atoms with E-state index in [0.29, 0.717) is 22.9 Å². The number of Topliss-reactive ketones (excluding diaryl/α,β-unsaturated/α-hetero) is 1. The normalized spacial score (nSPS) is 11.0. The minimum absolute atomic E-state index is 0. The van der Waals surface area contributed by atoms with Gasteiger partial charge >= 0.3 is 11.7 Å². The van der Waals surface area contributed by atoms with Crippen LogP contribution in [0.2, 0.25) is 0 Å². The van der Waals surface area contributed by atoms with Gasteiger partial charge in [0, 0.05) is 11.6 Å². The number of ether oxygens (including phenoxy) is 1. The Balaban J connectivity index is 0.00000461. The molecule has 10 heteroatoms. The highest BCUT2D eigenvalue weighted by Gasteiger charge is 2.45. The van der Waals surface area contributed by atoms with Crippen molar-refractivity contribution in [3.63, 3.8) is 0 Å². The van der Waals surface area contributed by atoms with Gasteiger partial charge in [-0.15, -0.1) is 0 Å². The van der Waals surface area contributed by atoms with Gasteiger partial charge in [-0.2, -0.15) is 0 Å². The molecule has 0 heterocycles. The molecule has 45 heavy (non-hydrogen) atoms. The zero-order valence-corrected chi connectivity index (χ0v) is 27.8. The summed E-state index contributed by atoms with van der Waals surface area (Å²) in [7, 11) is -2.28. The molecule has 5 aromatic rings. The Hall–Kier alpha value is -3.87. The molecule has 0 fully saturated rings. The highest BCUT2D eigenvalue weighted by molar-refractivity contribution is 7.95. The summed E-state index contributed by atoms with van der Waals surface area (Å²) in [4.78, 5) is 35.7. The minimum Gasteiger partial charge on any atom is -1.00 e. The van der Waals surface area contributed by atoms with E-state index in [1.165, 1.54) is 12.1 Å². The Morgan fingerprint density at radius 2 is 1.18 bits per heavy atom. The van der Waals surface area contributed by atoms with Crippen LogP contribution in [0, 0.1) is 10.1 Å². The fourth-order valence-electron chi connectivity index (χ4n) is 5.19. The minimum atomic E-state index is -2.28. The van der Waals surface area contributed by atoms with Crippen molar-refractivity contribution in [3.05, 3.63) is 149 Å². The third-order valence-corrected chi connectivity index (χ3v) is 12.2. The second-order valence-electron chi connectivity index (χ2n) is 9.95. The lowest BCUT2D eigenvalue weighted by Crippen LogP contribution is -3.00. The average Bonchev–Trinajstić information content (AvgIpc) is 3.06. The van der Waals surface area contributed by atoms with E-state index in [1.807, 2.05) is 54.6 Å². The van der Waals surface area contributed by atoms with E-state index in [0.717, 1.165) is 15.9 Å². The first-order valence-electron chi connectivity index (χ1n) is 13.8. The highest BCUT2D eigenvalue weighted by Crippen LogP contribution is 2.55. The van der Waals surface area contributed by atoms with E-state index in [9.17, 15) is 19.7 Å². The van der Waals surface area contributed by atoms with Crippen molar-refractivity contribution in [2.24, 2.45) is 0 Å². The summed E-state index contributed by atoms with van der Waals surface area (Å²) in [6.07, 6.45) is 0.523. The molecule has 6 nitrogen and oxygen atoms in total. The van der Waals surface area contributed by atoms with Crippen molar-refractivity contribution in [2.45, 2.75) is 11.3 Å². The van der Waals surface area contributed by atoms with E-state index >= 15 is 0 Å². The van der Waals surface area contributed by atoms with Crippen LogP contribution in [-0.4, -0.2) is 27.7 Å². The van der Waals surface area contributed by atoms with Crippen molar-refractivity contribution in [1.82, 2.24) is 0 Å². The molecule has 0 spiro atoms. The number of halogens is 3. The van der Waals surface area contributed by atoms with Crippen LogP contribution in [0.15, 0.2) is 133 Å². The van der Waals surface area contributed by atoms with Crippen molar-refractivity contribution in [1.29, 1.82) is 0 Å². The lowest BCUT2D eigenvalue weighted by Gasteiger charge is -2.27. The van der Waals surface area contributed by atoms with Crippen molar-refractivity contribution < 1.29 is 36.2 Å². The maximum Gasteiger partial charge on any atom is 0.315 e. The van der Waals surface area contributed by atoms with Crippen LogP contribution in [0.3, 0.4) is 0 Å². The number of nitrogens with zero attached hydrogens (tertiary/aromatic N) is 1. The molecule has 0 aliphatic heterocycles. The Morgan fingerprint density at radius 3 is 1.62 bits per heavy atom. The third-order valence-electron chi connectivity index (χ3n) is 7.32. The molecule has 5 rings (SSSR count). The predicted molar refractivity (Wildman–Crippen MR) is 179 cm³/mol. The number of rotatable bonds is 11. The lowest BCUT2D eigenvalue weighted by molar-refractivity contribution is -0.385. The van der Waals surface area contributed by atoms with Gasteiger partial charge in [-0.3, -0.25) is 19.7 Å². The number of hydrogen-bond acceptors (Lipinski definition) is 5. The maximum atomic E-state index is 13.4. The number of hydrogen-bond donors (Lipinski definition) is 0. The van der Waals surface area contributed by atoms with Crippen LogP contribution in [0.25, 0.3) is 11.1 Å². The summed E-state index contributed by atoms with van der Waals surface area (Å²) in [5.41, 5.74) is 1.13. The van der Waals surface area contributed by atoms with Crippen LogP contribution in [0.5, 0.6) is 5.75 Å². The molecule has 0 saturated carbocycles. The fraction of sp³-hybridized carbons (Fsp3) is 0.0857. The van der Waals surface area contributed by atoms with Gasteiger partial charge in [0.05, 0.1) is 17.5 Å². The topological polar surface area (TPSA) is 86.5 Å². The van der Waals surface area contributed by atoms with Gasteiger partial charge in [-0.1, -0.05) is 108 Å². The van der Waals surface area contributed by atoms with Crippen molar-refractivity contribution >= 4 is 63.8 Å². The van der Waals surface area contributed by atoms with E-state index in [1.54, 1.807) is 30.3 Å². The summed E-state index contributed by atoms with van der Waals surface area (Å²) >= 11 is 11.4. The van der Waals surface area contributed by atoms with Crippen LogP contribution in [0.4, 0.5) is 5.69 Å². The SMILES string of the molecule is O=C(CC[P+](c1ccccc1)(c1ccccc1)c1ccccc1)Oc1ccc(-c2ccc(C(=O)C(Cl)Cl)cc2)cc1[N+](=O)[O-].[Br-]. The molecule has 0 aliphatic carbocycles. The number of ketones is 1. The first-order valence-corrected chi connectivity index (χ1v) is 16.6. The summed E-state index contributed by atoms with van der Waals surface area (Å²) in [5, 5.41) is 15.4. The quantitative estimate of drug-likeness (QED) is 0.0380. The molecule has 0 atom stereocenters. The van der Waals surface area contributed by atoms with Gasteiger partial charge in [0.25, 0.3) is 0 Å². The van der Waals surface area contributed by atoms with E-state index in [2.05, 4.69) is 36.4 Å². The molecular formula is C35H27BrCl2NO5P. The van der Waals surface area contributed by atoms with Gasteiger partial charge < -0.3 is 21.7 Å². The van der Waals surface area contributed by atoms with Crippen LogP contribution in [0.1, 0.15) is 16.8 Å². The molecule has 5 aromatic carbocycles. The smallest absolute Gasteiger partial charge is 0.315 e. The first kappa shape index (κ1) is 34.0.